The summed E-state index contributed by atoms with van der Waals surface area (Å²) in [6.45, 7) is 0.953. The van der Waals surface area contributed by atoms with Gasteiger partial charge < -0.3 is 15.0 Å². The van der Waals surface area contributed by atoms with Crippen LogP contribution in [0.4, 0.5) is 0 Å². The molecule has 122 valence electrons. The fourth-order valence-corrected chi connectivity index (χ4v) is 3.26. The van der Waals surface area contributed by atoms with Gasteiger partial charge in [0.25, 0.3) is 11.5 Å². The van der Waals surface area contributed by atoms with Gasteiger partial charge in [0.1, 0.15) is 0 Å². The van der Waals surface area contributed by atoms with Gasteiger partial charge in [-0.15, -0.1) is 0 Å². The molecule has 4 rings (SSSR count). The van der Waals surface area contributed by atoms with Crippen LogP contribution in [0.1, 0.15) is 21.6 Å². The third-order valence-corrected chi connectivity index (χ3v) is 4.50. The number of nitrogens with one attached hydrogen (secondary N) is 3. The predicted molar refractivity (Wildman–Crippen MR) is 89.3 cm³/mol. The molecule has 2 aromatic heterocycles. The number of aromatic nitrogens is 3. The van der Waals surface area contributed by atoms with Crippen LogP contribution in [-0.2, 0) is 12.8 Å². The Bertz CT molecular complexity index is 1040. The second-order valence-corrected chi connectivity index (χ2v) is 5.92. The van der Waals surface area contributed by atoms with Crippen LogP contribution in [0.15, 0.2) is 39.9 Å². The number of H-pyrrole nitrogens is 3. The zero-order valence-electron chi connectivity index (χ0n) is 12.9. The highest BCUT2D eigenvalue weighted by Gasteiger charge is 2.23. The fraction of sp³-hybridized carbons (Fsp3) is 0.235. The van der Waals surface area contributed by atoms with E-state index in [9.17, 15) is 14.4 Å². The third-order valence-electron chi connectivity index (χ3n) is 4.50. The number of benzene rings is 1. The van der Waals surface area contributed by atoms with E-state index in [-0.39, 0.29) is 17.0 Å². The molecule has 3 N–H and O–H groups in total. The maximum atomic E-state index is 13.0. The van der Waals surface area contributed by atoms with Crippen LogP contribution >= 0.6 is 0 Å². The lowest BCUT2D eigenvalue weighted by Crippen LogP contribution is -2.34. The molecule has 0 atom stereocenters. The van der Waals surface area contributed by atoms with E-state index in [1.165, 1.54) is 6.07 Å². The minimum Gasteiger partial charge on any atom is -0.338 e. The SMILES string of the molecule is O=C(c1cc(=O)[nH]c2ccccc12)N1CCc2[nH][nH]c(=O)c2CC1. The van der Waals surface area contributed by atoms with Crippen molar-refractivity contribution in [1.29, 1.82) is 0 Å². The van der Waals surface area contributed by atoms with Crippen LogP contribution in [0.5, 0.6) is 0 Å². The monoisotopic (exact) mass is 324 g/mol. The quantitative estimate of drug-likeness (QED) is 0.616. The Morgan fingerprint density at radius 1 is 1.04 bits per heavy atom. The number of hydrogen-bond donors (Lipinski definition) is 3. The van der Waals surface area contributed by atoms with Crippen LogP contribution in [0.3, 0.4) is 0 Å². The summed E-state index contributed by atoms with van der Waals surface area (Å²) in [6, 6.07) is 8.60. The number of rotatable bonds is 1. The summed E-state index contributed by atoms with van der Waals surface area (Å²) >= 11 is 0. The number of carbonyl (C=O) groups excluding carboxylic acids is 1. The molecule has 3 aromatic rings. The Balaban J connectivity index is 1.70. The van der Waals surface area contributed by atoms with Crippen molar-refractivity contribution in [1.82, 2.24) is 20.1 Å². The van der Waals surface area contributed by atoms with E-state index >= 15 is 0 Å². The van der Waals surface area contributed by atoms with Crippen LogP contribution in [0, 0.1) is 0 Å². The zero-order chi connectivity index (χ0) is 16.7. The number of nitrogens with zero attached hydrogens (tertiary/aromatic N) is 1. The minimum absolute atomic E-state index is 0.124. The van der Waals surface area contributed by atoms with E-state index in [0.717, 1.165) is 11.1 Å². The van der Waals surface area contributed by atoms with Crippen molar-refractivity contribution in [3.63, 3.8) is 0 Å². The molecule has 1 amide bonds. The topological polar surface area (TPSA) is 102 Å². The van der Waals surface area contributed by atoms with Crippen molar-refractivity contribution < 1.29 is 4.79 Å². The van der Waals surface area contributed by atoms with Gasteiger partial charge in [-0.3, -0.25) is 19.5 Å². The van der Waals surface area contributed by atoms with Gasteiger partial charge >= 0.3 is 0 Å². The first-order valence-corrected chi connectivity index (χ1v) is 7.83. The largest absolute Gasteiger partial charge is 0.338 e. The molecule has 0 bridgehead atoms. The lowest BCUT2D eigenvalue weighted by molar-refractivity contribution is 0.0764. The highest BCUT2D eigenvalue weighted by atomic mass is 16.2. The Morgan fingerprint density at radius 3 is 2.71 bits per heavy atom. The normalized spacial score (nSPS) is 14.4. The minimum atomic E-state index is -0.298. The first-order valence-electron chi connectivity index (χ1n) is 7.83. The molecule has 7 heteroatoms. The number of aromatic amines is 3. The van der Waals surface area contributed by atoms with Gasteiger partial charge in [-0.2, -0.15) is 0 Å². The summed E-state index contributed by atoms with van der Waals surface area (Å²) in [5.74, 6) is -0.182. The number of carbonyl (C=O) groups is 1. The van der Waals surface area contributed by atoms with Crippen molar-refractivity contribution in [2.24, 2.45) is 0 Å². The summed E-state index contributed by atoms with van der Waals surface area (Å²) in [4.78, 5) is 41.0. The van der Waals surface area contributed by atoms with Crippen molar-refractivity contribution in [2.45, 2.75) is 12.8 Å². The van der Waals surface area contributed by atoms with Crippen LogP contribution in [0.2, 0.25) is 0 Å². The van der Waals surface area contributed by atoms with Crippen molar-refractivity contribution in [3.8, 4) is 0 Å². The molecule has 1 aromatic carbocycles. The highest BCUT2D eigenvalue weighted by molar-refractivity contribution is 6.05. The second kappa shape index (κ2) is 5.52. The van der Waals surface area contributed by atoms with E-state index in [1.807, 2.05) is 18.2 Å². The van der Waals surface area contributed by atoms with Crippen molar-refractivity contribution in [2.75, 3.05) is 13.1 Å². The Morgan fingerprint density at radius 2 is 1.83 bits per heavy atom. The summed E-state index contributed by atoms with van der Waals surface area (Å²) < 4.78 is 0. The van der Waals surface area contributed by atoms with Crippen molar-refractivity contribution >= 4 is 16.8 Å². The smallest absolute Gasteiger partial charge is 0.267 e. The van der Waals surface area contributed by atoms with E-state index in [0.29, 0.717) is 42.6 Å². The molecular formula is C17H16N4O3. The molecule has 0 spiro atoms. The Hall–Kier alpha value is -3.09. The standard InChI is InChI=1S/C17H16N4O3/c22-15-9-12(10-3-1-2-4-13(10)18-15)17(24)21-7-5-11-14(6-8-21)19-20-16(11)23/h1-4,9H,5-8H2,(H,18,22)(H2,19,20,23). The highest BCUT2D eigenvalue weighted by Crippen LogP contribution is 2.18. The molecule has 0 radical (unpaired) electrons. The molecule has 7 nitrogen and oxygen atoms in total. The van der Waals surface area contributed by atoms with E-state index in [4.69, 9.17) is 0 Å². The number of fused-ring (bicyclic) bond motifs is 2. The number of hydrogen-bond acceptors (Lipinski definition) is 3. The number of pyridine rings is 1. The second-order valence-electron chi connectivity index (χ2n) is 5.92. The van der Waals surface area contributed by atoms with Crippen molar-refractivity contribution in [3.05, 3.63) is 67.9 Å². The fourth-order valence-electron chi connectivity index (χ4n) is 3.26. The van der Waals surface area contributed by atoms with Gasteiger partial charge in [-0.1, -0.05) is 18.2 Å². The first kappa shape index (κ1) is 14.5. The van der Waals surface area contributed by atoms with Gasteiger partial charge in [0.15, 0.2) is 0 Å². The van der Waals surface area contributed by atoms with Gasteiger partial charge in [0, 0.05) is 47.7 Å². The van der Waals surface area contributed by atoms with E-state index < -0.39 is 0 Å². The van der Waals surface area contributed by atoms with Crippen LogP contribution in [-0.4, -0.2) is 39.1 Å². The van der Waals surface area contributed by atoms with E-state index in [1.54, 1.807) is 11.0 Å². The maximum Gasteiger partial charge on any atom is 0.267 e. The summed E-state index contributed by atoms with van der Waals surface area (Å²) in [6.07, 6.45) is 1.09. The van der Waals surface area contributed by atoms with Gasteiger partial charge in [-0.05, 0) is 12.5 Å². The summed E-state index contributed by atoms with van der Waals surface area (Å²) in [5, 5.41) is 6.18. The maximum absolute atomic E-state index is 13.0. The van der Waals surface area contributed by atoms with E-state index in [2.05, 4.69) is 15.2 Å². The molecule has 0 saturated carbocycles. The molecule has 0 saturated heterocycles. The molecule has 0 fully saturated rings. The molecular weight excluding hydrogens is 308 g/mol. The first-order chi connectivity index (χ1) is 11.6. The third kappa shape index (κ3) is 2.34. The van der Waals surface area contributed by atoms with Crippen LogP contribution in [0.25, 0.3) is 10.9 Å². The Kier molecular flexibility index (Phi) is 3.34. The molecule has 0 unspecified atom stereocenters. The average Bonchev–Trinajstić information content (AvgIpc) is 2.81. The Labute approximate surface area is 136 Å². The molecule has 3 heterocycles. The summed E-state index contributed by atoms with van der Waals surface area (Å²) in [7, 11) is 0. The molecule has 1 aliphatic heterocycles. The van der Waals surface area contributed by atoms with Gasteiger partial charge in [0.2, 0.25) is 5.56 Å². The van der Waals surface area contributed by atoms with Crippen LogP contribution < -0.4 is 11.1 Å². The molecule has 24 heavy (non-hydrogen) atoms. The van der Waals surface area contributed by atoms with Gasteiger partial charge in [-0.25, -0.2) is 0 Å². The zero-order valence-corrected chi connectivity index (χ0v) is 12.9. The number of amides is 1. The summed E-state index contributed by atoms with van der Waals surface area (Å²) in [5.41, 5.74) is 2.18. The predicted octanol–water partition coefficient (Wildman–Crippen LogP) is 0.785. The molecule has 0 aliphatic carbocycles. The molecule has 1 aliphatic rings. The average molecular weight is 324 g/mol. The number of para-hydroxylation sites is 1. The lowest BCUT2D eigenvalue weighted by Gasteiger charge is -2.21. The lowest BCUT2D eigenvalue weighted by atomic mass is 10.1. The van der Waals surface area contributed by atoms with Gasteiger partial charge in [0.05, 0.1) is 5.56 Å².